The number of carbonyl (C=O) groups is 2. The van der Waals surface area contributed by atoms with Crippen LogP contribution in [0.25, 0.3) is 10.9 Å². The second-order valence-electron chi connectivity index (χ2n) is 8.10. The molecule has 8 nitrogen and oxygen atoms in total. The summed E-state index contributed by atoms with van der Waals surface area (Å²) in [5, 5.41) is 26.5. The highest BCUT2D eigenvalue weighted by Crippen LogP contribution is 2.30. The van der Waals surface area contributed by atoms with Crippen molar-refractivity contribution in [2.45, 2.75) is 19.6 Å². The summed E-state index contributed by atoms with van der Waals surface area (Å²) in [6.07, 6.45) is 0.576. The van der Waals surface area contributed by atoms with E-state index >= 15 is 0 Å². The van der Waals surface area contributed by atoms with Crippen LogP contribution >= 0.6 is 0 Å². The lowest BCUT2D eigenvalue weighted by atomic mass is 10.0. The number of aromatic carboxylic acids is 1. The predicted octanol–water partition coefficient (Wildman–Crippen LogP) is 4.79. The number of carboxylic acid groups (broad SMARTS) is 1. The lowest BCUT2D eigenvalue weighted by Gasteiger charge is -2.19. The van der Waals surface area contributed by atoms with Crippen molar-refractivity contribution in [1.29, 1.82) is 5.26 Å². The molecule has 1 amide bonds. The molecular weight excluding hydrogens is 444 g/mol. The summed E-state index contributed by atoms with van der Waals surface area (Å²) < 4.78 is 1.92. The van der Waals surface area contributed by atoms with Gasteiger partial charge >= 0.3 is 5.97 Å². The molecule has 0 fully saturated rings. The van der Waals surface area contributed by atoms with Crippen LogP contribution in [0.2, 0.25) is 0 Å². The molecular formula is C27H20N4O4. The molecule has 0 atom stereocenters. The Balaban J connectivity index is 1.44. The van der Waals surface area contributed by atoms with Crippen molar-refractivity contribution in [3.63, 3.8) is 0 Å². The van der Waals surface area contributed by atoms with Gasteiger partial charge in [0.2, 0.25) is 0 Å². The highest BCUT2D eigenvalue weighted by Gasteiger charge is 2.25. The molecule has 3 aromatic carbocycles. The average molecular weight is 464 g/mol. The van der Waals surface area contributed by atoms with Gasteiger partial charge < -0.3 is 19.8 Å². The van der Waals surface area contributed by atoms with Gasteiger partial charge in [-0.3, -0.25) is 4.79 Å². The van der Waals surface area contributed by atoms with E-state index in [2.05, 4.69) is 10.5 Å². The molecule has 0 bridgehead atoms. The Labute approximate surface area is 200 Å². The first-order valence-electron chi connectivity index (χ1n) is 11.0. The van der Waals surface area contributed by atoms with E-state index < -0.39 is 11.9 Å². The molecule has 2 N–H and O–H groups in total. The van der Waals surface area contributed by atoms with Crippen LogP contribution < -0.4 is 5.32 Å². The average Bonchev–Trinajstić information content (AvgIpc) is 3.26. The highest BCUT2D eigenvalue weighted by atomic mass is 16.6. The zero-order chi connectivity index (χ0) is 24.4. The molecule has 1 aliphatic rings. The smallest absolute Gasteiger partial charge is 0.337 e. The number of hydrogen-bond donors (Lipinski definition) is 2. The Morgan fingerprint density at radius 3 is 2.69 bits per heavy atom. The second kappa shape index (κ2) is 9.15. The van der Waals surface area contributed by atoms with Gasteiger partial charge in [-0.25, -0.2) is 4.79 Å². The van der Waals surface area contributed by atoms with Crippen molar-refractivity contribution >= 4 is 34.2 Å². The quantitative estimate of drug-likeness (QED) is 0.398. The largest absolute Gasteiger partial charge is 0.478 e. The third kappa shape index (κ3) is 4.23. The van der Waals surface area contributed by atoms with Gasteiger partial charge in [0.1, 0.15) is 12.3 Å². The zero-order valence-electron chi connectivity index (χ0n) is 18.6. The third-order valence-corrected chi connectivity index (χ3v) is 5.91. The van der Waals surface area contributed by atoms with E-state index in [-0.39, 0.29) is 16.8 Å². The molecule has 0 spiro atoms. The van der Waals surface area contributed by atoms with Crippen LogP contribution in [0.1, 0.15) is 44.0 Å². The van der Waals surface area contributed by atoms with Gasteiger partial charge in [0.15, 0.2) is 0 Å². The molecule has 35 heavy (non-hydrogen) atoms. The minimum absolute atomic E-state index is 0.132. The Morgan fingerprint density at radius 2 is 1.91 bits per heavy atom. The van der Waals surface area contributed by atoms with Crippen LogP contribution in [0, 0.1) is 11.3 Å². The molecule has 4 aromatic rings. The van der Waals surface area contributed by atoms with Crippen LogP contribution in [0.4, 0.5) is 5.69 Å². The van der Waals surface area contributed by atoms with Gasteiger partial charge in [0.05, 0.1) is 34.1 Å². The fourth-order valence-electron chi connectivity index (χ4n) is 4.27. The number of carbonyl (C=O) groups excluding carboxylic acids is 1. The molecule has 0 saturated carbocycles. The molecule has 1 aromatic heterocycles. The number of nitrogens with zero attached hydrogens (tertiary/aromatic N) is 3. The SMILES string of the molecule is N#Cc1ccc(NC(=O)c2cc3cccc4c3n2CCC4=NOCc2ccccc2)c(C(=O)O)c1. The van der Waals surface area contributed by atoms with Crippen molar-refractivity contribution < 1.29 is 19.5 Å². The van der Waals surface area contributed by atoms with E-state index in [1.807, 2.05) is 59.2 Å². The van der Waals surface area contributed by atoms with Gasteiger partial charge in [-0.1, -0.05) is 53.7 Å². The number of oxime groups is 1. The monoisotopic (exact) mass is 464 g/mol. The molecule has 172 valence electrons. The summed E-state index contributed by atoms with van der Waals surface area (Å²) >= 11 is 0. The molecule has 5 rings (SSSR count). The standard InChI is InChI=1S/C27H20N4O4/c28-15-18-9-10-22(21(13-18)27(33)34)29-26(32)24-14-19-7-4-8-20-23(11-12-31(24)25(19)20)30-35-16-17-5-2-1-3-6-17/h1-10,13-14H,11-12,16H2,(H,29,32)(H,33,34). The van der Waals surface area contributed by atoms with Gasteiger partial charge in [0, 0.05) is 23.9 Å². The maximum absolute atomic E-state index is 13.2. The number of carboxylic acids is 1. The molecule has 0 unspecified atom stereocenters. The highest BCUT2D eigenvalue weighted by molar-refractivity contribution is 6.15. The third-order valence-electron chi connectivity index (χ3n) is 5.91. The summed E-state index contributed by atoms with van der Waals surface area (Å²) in [5.74, 6) is -1.65. The Kier molecular flexibility index (Phi) is 5.73. The lowest BCUT2D eigenvalue weighted by Crippen LogP contribution is -2.22. The second-order valence-corrected chi connectivity index (χ2v) is 8.10. The van der Waals surface area contributed by atoms with E-state index in [0.717, 1.165) is 27.7 Å². The van der Waals surface area contributed by atoms with E-state index in [0.29, 0.717) is 25.3 Å². The lowest BCUT2D eigenvalue weighted by molar-refractivity contribution is 0.0698. The van der Waals surface area contributed by atoms with E-state index in [4.69, 9.17) is 10.1 Å². The number of rotatable bonds is 6. The number of para-hydroxylation sites is 1. The Morgan fingerprint density at radius 1 is 1.09 bits per heavy atom. The molecule has 8 heteroatoms. The first kappa shape index (κ1) is 21.9. The predicted molar refractivity (Wildman–Crippen MR) is 130 cm³/mol. The number of nitriles is 1. The Hall–Kier alpha value is -4.90. The van der Waals surface area contributed by atoms with Gasteiger partial charge in [-0.15, -0.1) is 0 Å². The van der Waals surface area contributed by atoms with Crippen molar-refractivity contribution in [1.82, 2.24) is 4.57 Å². The summed E-state index contributed by atoms with van der Waals surface area (Å²) in [4.78, 5) is 30.5. The normalized spacial score (nSPS) is 13.4. The fourth-order valence-corrected chi connectivity index (χ4v) is 4.27. The summed E-state index contributed by atoms with van der Waals surface area (Å²) in [6.45, 7) is 0.890. The van der Waals surface area contributed by atoms with Crippen molar-refractivity contribution in [2.75, 3.05) is 5.32 Å². The number of anilines is 1. The maximum atomic E-state index is 13.2. The number of aryl methyl sites for hydroxylation is 1. The van der Waals surface area contributed by atoms with Crippen LogP contribution in [0.3, 0.4) is 0 Å². The van der Waals surface area contributed by atoms with Gasteiger partial charge in [0.25, 0.3) is 5.91 Å². The topological polar surface area (TPSA) is 117 Å². The van der Waals surface area contributed by atoms with E-state index in [1.165, 1.54) is 18.2 Å². The van der Waals surface area contributed by atoms with Crippen LogP contribution in [0.15, 0.2) is 78.0 Å². The van der Waals surface area contributed by atoms with Crippen LogP contribution in [0.5, 0.6) is 0 Å². The van der Waals surface area contributed by atoms with Crippen LogP contribution in [-0.4, -0.2) is 27.3 Å². The first-order chi connectivity index (χ1) is 17.0. The van der Waals surface area contributed by atoms with E-state index in [9.17, 15) is 14.7 Å². The molecule has 2 heterocycles. The minimum Gasteiger partial charge on any atom is -0.478 e. The molecule has 1 aliphatic heterocycles. The van der Waals surface area contributed by atoms with Crippen molar-refractivity contribution in [3.05, 3.63) is 101 Å². The van der Waals surface area contributed by atoms with Crippen molar-refractivity contribution in [3.8, 4) is 6.07 Å². The Bertz CT molecular complexity index is 1530. The minimum atomic E-state index is -1.22. The fraction of sp³-hybridized carbons (Fsp3) is 0.111. The van der Waals surface area contributed by atoms with Crippen molar-refractivity contribution in [2.24, 2.45) is 5.16 Å². The molecule has 0 aliphatic carbocycles. The zero-order valence-corrected chi connectivity index (χ0v) is 18.6. The molecule has 0 saturated heterocycles. The van der Waals surface area contributed by atoms with Crippen LogP contribution in [-0.2, 0) is 18.0 Å². The van der Waals surface area contributed by atoms with Gasteiger partial charge in [-0.05, 0) is 29.8 Å². The number of benzene rings is 3. The summed E-state index contributed by atoms with van der Waals surface area (Å²) in [7, 11) is 0. The summed E-state index contributed by atoms with van der Waals surface area (Å²) in [6, 6.07) is 23.4. The number of hydrogen-bond acceptors (Lipinski definition) is 5. The number of nitrogens with one attached hydrogen (secondary N) is 1. The summed E-state index contributed by atoms with van der Waals surface area (Å²) in [5.41, 5.74) is 4.22. The van der Waals surface area contributed by atoms with E-state index in [1.54, 1.807) is 6.07 Å². The molecule has 0 radical (unpaired) electrons. The number of aromatic nitrogens is 1. The number of amides is 1. The maximum Gasteiger partial charge on any atom is 0.337 e. The first-order valence-corrected chi connectivity index (χ1v) is 11.0. The van der Waals surface area contributed by atoms with Gasteiger partial charge in [-0.2, -0.15) is 5.26 Å².